The molecule has 1 amide bonds. The molecule has 7 nitrogen and oxygen atoms in total. The van der Waals surface area contributed by atoms with E-state index in [9.17, 15) is 9.59 Å². The molecule has 0 saturated heterocycles. The number of ether oxygens (including phenoxy) is 1. The minimum Gasteiger partial charge on any atom is -0.497 e. The minimum atomic E-state index is -1.06. The molecular weight excluding hydrogens is 300 g/mol. The number of rotatable bonds is 7. The molecule has 7 heteroatoms. The summed E-state index contributed by atoms with van der Waals surface area (Å²) >= 11 is 0. The van der Waals surface area contributed by atoms with Crippen molar-refractivity contribution in [3.05, 3.63) is 30.0 Å². The summed E-state index contributed by atoms with van der Waals surface area (Å²) in [4.78, 5) is 26.7. The predicted octanol–water partition coefficient (Wildman–Crippen LogP) is 1.53. The lowest BCUT2D eigenvalue weighted by Crippen LogP contribution is -2.39. The highest BCUT2D eigenvalue weighted by atomic mass is 16.5. The number of furan rings is 1. The fraction of sp³-hybridized carbons (Fsp3) is 0.375. The second-order valence-corrected chi connectivity index (χ2v) is 5.44. The van der Waals surface area contributed by atoms with Crippen LogP contribution in [0.15, 0.2) is 28.7 Å². The van der Waals surface area contributed by atoms with E-state index in [-0.39, 0.29) is 12.3 Å². The lowest BCUT2D eigenvalue weighted by atomic mass is 10.2. The van der Waals surface area contributed by atoms with Crippen LogP contribution in [0.3, 0.4) is 0 Å². The first-order valence-corrected chi connectivity index (χ1v) is 7.14. The van der Waals surface area contributed by atoms with Gasteiger partial charge in [0.1, 0.15) is 17.9 Å². The van der Waals surface area contributed by atoms with E-state index in [0.717, 1.165) is 5.39 Å². The summed E-state index contributed by atoms with van der Waals surface area (Å²) in [5.74, 6) is -0.756. The van der Waals surface area contributed by atoms with Gasteiger partial charge in [-0.25, -0.2) is 0 Å². The first-order valence-electron chi connectivity index (χ1n) is 7.14. The fourth-order valence-corrected chi connectivity index (χ4v) is 2.14. The van der Waals surface area contributed by atoms with Crippen LogP contribution in [0.25, 0.3) is 11.0 Å². The molecule has 2 aromatic rings. The van der Waals surface area contributed by atoms with Crippen LogP contribution in [-0.4, -0.2) is 67.6 Å². The Morgan fingerprint density at radius 1 is 1.22 bits per heavy atom. The van der Waals surface area contributed by atoms with Gasteiger partial charge in [0, 0.05) is 24.5 Å². The average molecular weight is 320 g/mol. The van der Waals surface area contributed by atoms with Gasteiger partial charge in [-0.3, -0.25) is 9.59 Å². The number of carboxylic acid groups (broad SMARTS) is 1. The second-order valence-electron chi connectivity index (χ2n) is 5.44. The Balaban J connectivity index is 2.25. The molecule has 0 aliphatic carbocycles. The third kappa shape index (κ3) is 4.23. The number of methoxy groups -OCH3 is 1. The van der Waals surface area contributed by atoms with Crippen molar-refractivity contribution >= 4 is 22.8 Å². The number of nitrogens with zero attached hydrogens (tertiary/aromatic N) is 2. The van der Waals surface area contributed by atoms with Crippen molar-refractivity contribution in [1.82, 2.24) is 9.80 Å². The van der Waals surface area contributed by atoms with E-state index in [0.29, 0.717) is 24.4 Å². The second kappa shape index (κ2) is 7.15. The van der Waals surface area contributed by atoms with Gasteiger partial charge in [-0.05, 0) is 32.3 Å². The van der Waals surface area contributed by atoms with E-state index in [1.807, 2.05) is 19.0 Å². The summed E-state index contributed by atoms with van der Waals surface area (Å²) in [6, 6.07) is 6.86. The van der Waals surface area contributed by atoms with Gasteiger partial charge >= 0.3 is 5.97 Å². The van der Waals surface area contributed by atoms with Gasteiger partial charge in [0.15, 0.2) is 5.76 Å². The molecule has 1 N–H and O–H groups in total. The summed E-state index contributed by atoms with van der Waals surface area (Å²) in [5.41, 5.74) is 0.524. The van der Waals surface area contributed by atoms with E-state index in [4.69, 9.17) is 14.3 Å². The van der Waals surface area contributed by atoms with Crippen LogP contribution < -0.4 is 4.74 Å². The van der Waals surface area contributed by atoms with Crippen molar-refractivity contribution in [2.75, 3.05) is 40.8 Å². The first kappa shape index (κ1) is 16.8. The number of carbonyl (C=O) groups excluding carboxylic acids is 1. The SMILES string of the molecule is COc1ccc2cc(C(=O)N(CCN(C)C)CC(=O)O)oc2c1. The number of benzene rings is 1. The molecule has 1 heterocycles. The molecule has 1 aromatic heterocycles. The summed E-state index contributed by atoms with van der Waals surface area (Å²) in [5, 5.41) is 9.76. The fourth-order valence-electron chi connectivity index (χ4n) is 2.14. The zero-order chi connectivity index (χ0) is 17.0. The molecule has 0 spiro atoms. The van der Waals surface area contributed by atoms with Gasteiger partial charge in [-0.1, -0.05) is 0 Å². The third-order valence-corrected chi connectivity index (χ3v) is 3.37. The molecular formula is C16H20N2O5. The highest BCUT2D eigenvalue weighted by molar-refractivity contribution is 5.97. The highest BCUT2D eigenvalue weighted by Gasteiger charge is 2.22. The predicted molar refractivity (Wildman–Crippen MR) is 84.9 cm³/mol. The molecule has 0 unspecified atom stereocenters. The summed E-state index contributed by atoms with van der Waals surface area (Å²) in [7, 11) is 5.26. The number of carbonyl (C=O) groups is 2. The quantitative estimate of drug-likeness (QED) is 0.833. The highest BCUT2D eigenvalue weighted by Crippen LogP contribution is 2.24. The van der Waals surface area contributed by atoms with E-state index in [1.165, 1.54) is 4.90 Å². The van der Waals surface area contributed by atoms with Crippen LogP contribution in [0, 0.1) is 0 Å². The number of likely N-dealkylation sites (N-methyl/N-ethyl adjacent to an activating group) is 1. The Bertz CT molecular complexity index is 708. The molecule has 0 aliphatic heterocycles. The van der Waals surface area contributed by atoms with Gasteiger partial charge in [0.25, 0.3) is 5.91 Å². The maximum absolute atomic E-state index is 12.5. The smallest absolute Gasteiger partial charge is 0.323 e. The molecule has 0 radical (unpaired) electrons. The lowest BCUT2D eigenvalue weighted by molar-refractivity contribution is -0.137. The van der Waals surface area contributed by atoms with Crippen LogP contribution in [0.2, 0.25) is 0 Å². The monoisotopic (exact) mass is 320 g/mol. The van der Waals surface area contributed by atoms with E-state index < -0.39 is 11.9 Å². The first-order chi connectivity index (χ1) is 10.9. The van der Waals surface area contributed by atoms with Gasteiger partial charge in [0.2, 0.25) is 0 Å². The maximum atomic E-state index is 12.5. The number of carboxylic acids is 1. The largest absolute Gasteiger partial charge is 0.497 e. The normalized spacial score (nSPS) is 11.0. The summed E-state index contributed by atoms with van der Waals surface area (Å²) in [6.07, 6.45) is 0. The van der Waals surface area contributed by atoms with Crippen LogP contribution >= 0.6 is 0 Å². The van der Waals surface area contributed by atoms with Crippen molar-refractivity contribution in [3.8, 4) is 5.75 Å². The Morgan fingerprint density at radius 2 is 1.96 bits per heavy atom. The maximum Gasteiger partial charge on any atom is 0.323 e. The van der Waals surface area contributed by atoms with Crippen LogP contribution in [0.1, 0.15) is 10.6 Å². The van der Waals surface area contributed by atoms with Gasteiger partial charge in [0.05, 0.1) is 7.11 Å². The van der Waals surface area contributed by atoms with Crippen LogP contribution in [-0.2, 0) is 4.79 Å². The van der Waals surface area contributed by atoms with Crippen molar-refractivity contribution in [2.24, 2.45) is 0 Å². The standard InChI is InChI=1S/C16H20N2O5/c1-17(2)6-7-18(10-15(19)20)16(21)14-8-11-4-5-12(22-3)9-13(11)23-14/h4-5,8-9H,6-7,10H2,1-3H3,(H,19,20). The van der Waals surface area contributed by atoms with E-state index in [2.05, 4.69) is 0 Å². The van der Waals surface area contributed by atoms with Crippen LogP contribution in [0.4, 0.5) is 0 Å². The van der Waals surface area contributed by atoms with Crippen molar-refractivity contribution < 1.29 is 23.8 Å². The molecule has 2 rings (SSSR count). The summed E-state index contributed by atoms with van der Waals surface area (Å²) < 4.78 is 10.7. The Hall–Kier alpha value is -2.54. The minimum absolute atomic E-state index is 0.119. The Labute approximate surface area is 134 Å². The van der Waals surface area contributed by atoms with E-state index >= 15 is 0 Å². The third-order valence-electron chi connectivity index (χ3n) is 3.37. The molecule has 1 aromatic carbocycles. The van der Waals surface area contributed by atoms with Gasteiger partial charge in [-0.15, -0.1) is 0 Å². The topological polar surface area (TPSA) is 83.2 Å². The molecule has 0 fully saturated rings. The van der Waals surface area contributed by atoms with Crippen molar-refractivity contribution in [1.29, 1.82) is 0 Å². The number of fused-ring (bicyclic) bond motifs is 1. The molecule has 124 valence electrons. The Morgan fingerprint density at radius 3 is 2.57 bits per heavy atom. The molecule has 0 bridgehead atoms. The van der Waals surface area contributed by atoms with Gasteiger partial charge < -0.3 is 24.1 Å². The molecule has 0 aliphatic rings. The van der Waals surface area contributed by atoms with Crippen LogP contribution in [0.5, 0.6) is 5.75 Å². The average Bonchev–Trinajstić information content (AvgIpc) is 2.92. The number of amides is 1. The zero-order valence-corrected chi connectivity index (χ0v) is 13.4. The van der Waals surface area contributed by atoms with Crippen molar-refractivity contribution in [3.63, 3.8) is 0 Å². The van der Waals surface area contributed by atoms with Gasteiger partial charge in [-0.2, -0.15) is 0 Å². The number of hydrogen-bond donors (Lipinski definition) is 1. The van der Waals surface area contributed by atoms with Crippen molar-refractivity contribution in [2.45, 2.75) is 0 Å². The lowest BCUT2D eigenvalue weighted by Gasteiger charge is -2.21. The molecule has 23 heavy (non-hydrogen) atoms. The molecule has 0 saturated carbocycles. The Kier molecular flexibility index (Phi) is 5.23. The number of aliphatic carboxylic acids is 1. The zero-order valence-electron chi connectivity index (χ0n) is 13.4. The number of hydrogen-bond acceptors (Lipinski definition) is 5. The summed E-state index contributed by atoms with van der Waals surface area (Å²) in [6.45, 7) is 0.499. The molecule has 0 atom stereocenters. The van der Waals surface area contributed by atoms with E-state index in [1.54, 1.807) is 31.4 Å².